The molecule has 1 saturated heterocycles. The van der Waals surface area contributed by atoms with Crippen molar-refractivity contribution in [2.45, 2.75) is 39.2 Å². The first-order valence-corrected chi connectivity index (χ1v) is 6.91. The van der Waals surface area contributed by atoms with E-state index in [4.69, 9.17) is 4.74 Å². The zero-order chi connectivity index (χ0) is 12.4. The van der Waals surface area contributed by atoms with Gasteiger partial charge in [0.1, 0.15) is 6.10 Å². The number of nitrogens with zero attached hydrogens (tertiary/aromatic N) is 1. The Hall–Kier alpha value is -0.410. The molecule has 1 aliphatic carbocycles. The summed E-state index contributed by atoms with van der Waals surface area (Å²) in [6, 6.07) is 0. The van der Waals surface area contributed by atoms with Crippen molar-refractivity contribution in [1.82, 2.24) is 4.90 Å². The van der Waals surface area contributed by atoms with Crippen molar-refractivity contribution in [3.8, 4) is 0 Å². The van der Waals surface area contributed by atoms with Gasteiger partial charge < -0.3 is 9.64 Å². The molecule has 98 valence electrons. The average Bonchev–Trinajstić information content (AvgIpc) is 2.32. The van der Waals surface area contributed by atoms with Gasteiger partial charge in [-0.05, 0) is 38.1 Å². The summed E-state index contributed by atoms with van der Waals surface area (Å²) < 4.78 is 5.63. The van der Waals surface area contributed by atoms with E-state index in [0.717, 1.165) is 31.8 Å². The van der Waals surface area contributed by atoms with Crippen molar-refractivity contribution >= 4 is 5.78 Å². The summed E-state index contributed by atoms with van der Waals surface area (Å²) in [5, 5.41) is 0. The summed E-state index contributed by atoms with van der Waals surface area (Å²) in [6.07, 6.45) is 3.15. The molecule has 2 aliphatic rings. The zero-order valence-corrected chi connectivity index (χ0v) is 11.3. The third-order valence-electron chi connectivity index (χ3n) is 4.59. The van der Waals surface area contributed by atoms with Gasteiger partial charge in [0.2, 0.25) is 0 Å². The molecule has 0 aromatic rings. The first-order chi connectivity index (χ1) is 8.08. The molecule has 0 radical (unpaired) electrons. The third kappa shape index (κ3) is 3.08. The third-order valence-corrected chi connectivity index (χ3v) is 4.59. The molecule has 0 spiro atoms. The molecule has 1 heterocycles. The van der Waals surface area contributed by atoms with E-state index in [1.54, 1.807) is 0 Å². The van der Waals surface area contributed by atoms with Crippen LogP contribution in [0.4, 0.5) is 0 Å². The molecule has 0 N–H and O–H groups in total. The highest BCUT2D eigenvalue weighted by molar-refractivity contribution is 5.85. The van der Waals surface area contributed by atoms with Crippen molar-refractivity contribution < 1.29 is 9.53 Å². The van der Waals surface area contributed by atoms with Gasteiger partial charge >= 0.3 is 0 Å². The molecule has 0 aromatic carbocycles. The lowest BCUT2D eigenvalue weighted by atomic mass is 9.73. The minimum atomic E-state index is -0.167. The van der Waals surface area contributed by atoms with Gasteiger partial charge in [0, 0.05) is 19.0 Å². The van der Waals surface area contributed by atoms with E-state index in [-0.39, 0.29) is 12.0 Å². The lowest BCUT2D eigenvalue weighted by Crippen LogP contribution is -2.46. The van der Waals surface area contributed by atoms with Crippen LogP contribution in [0.5, 0.6) is 0 Å². The number of ketones is 1. The molecule has 4 atom stereocenters. The molecule has 0 aromatic heterocycles. The molecule has 4 unspecified atom stereocenters. The van der Waals surface area contributed by atoms with E-state index in [9.17, 15) is 4.79 Å². The fraction of sp³-hybridized carbons (Fsp3) is 0.929. The number of hydrogen-bond acceptors (Lipinski definition) is 3. The second-order valence-electron chi connectivity index (χ2n) is 5.99. The SMILES string of the molecule is CC1CCC(C(=O)C2CN(C)CCO2)CC1C. The van der Waals surface area contributed by atoms with Crippen molar-refractivity contribution in [2.75, 3.05) is 26.7 Å². The molecule has 17 heavy (non-hydrogen) atoms. The Balaban J connectivity index is 1.91. The summed E-state index contributed by atoms with van der Waals surface area (Å²) in [5.74, 6) is 2.06. The van der Waals surface area contributed by atoms with Gasteiger partial charge in [0.05, 0.1) is 6.61 Å². The maximum absolute atomic E-state index is 12.4. The Morgan fingerprint density at radius 2 is 2.00 bits per heavy atom. The summed E-state index contributed by atoms with van der Waals surface area (Å²) in [5.41, 5.74) is 0. The monoisotopic (exact) mass is 239 g/mol. The Kier molecular flexibility index (Phi) is 4.21. The van der Waals surface area contributed by atoms with Crippen molar-refractivity contribution in [3.63, 3.8) is 0 Å². The van der Waals surface area contributed by atoms with E-state index in [2.05, 4.69) is 25.8 Å². The predicted octanol–water partition coefficient (Wildman–Crippen LogP) is 1.96. The fourth-order valence-electron chi connectivity index (χ4n) is 3.02. The minimum absolute atomic E-state index is 0.167. The van der Waals surface area contributed by atoms with Crippen LogP contribution in [0, 0.1) is 17.8 Å². The molecule has 1 saturated carbocycles. The average molecular weight is 239 g/mol. The number of carbonyl (C=O) groups is 1. The van der Waals surface area contributed by atoms with E-state index in [0.29, 0.717) is 18.3 Å². The number of rotatable bonds is 2. The second kappa shape index (κ2) is 5.49. The van der Waals surface area contributed by atoms with Crippen LogP contribution in [0.3, 0.4) is 0 Å². The fourth-order valence-corrected chi connectivity index (χ4v) is 3.02. The van der Waals surface area contributed by atoms with Crippen LogP contribution in [-0.2, 0) is 9.53 Å². The Morgan fingerprint density at radius 3 is 2.65 bits per heavy atom. The molecule has 1 aliphatic heterocycles. The van der Waals surface area contributed by atoms with Crippen LogP contribution in [0.2, 0.25) is 0 Å². The highest BCUT2D eigenvalue weighted by Gasteiger charge is 2.34. The maximum Gasteiger partial charge on any atom is 0.165 e. The normalized spacial score (nSPS) is 40.2. The first kappa shape index (κ1) is 13.0. The number of Topliss-reactive ketones (excluding diaryl/α,β-unsaturated/α-hetero) is 1. The van der Waals surface area contributed by atoms with Crippen LogP contribution >= 0.6 is 0 Å². The van der Waals surface area contributed by atoms with Crippen LogP contribution in [0.25, 0.3) is 0 Å². The standard InChI is InChI=1S/C14H25NO2/c1-10-4-5-12(8-11(10)2)14(16)13-9-15(3)6-7-17-13/h10-13H,4-9H2,1-3H3. The van der Waals surface area contributed by atoms with E-state index in [1.165, 1.54) is 6.42 Å². The highest BCUT2D eigenvalue weighted by Crippen LogP contribution is 2.34. The molecule has 2 rings (SSSR count). The summed E-state index contributed by atoms with van der Waals surface area (Å²) >= 11 is 0. The summed E-state index contributed by atoms with van der Waals surface area (Å²) in [4.78, 5) is 14.6. The summed E-state index contributed by atoms with van der Waals surface area (Å²) in [6.45, 7) is 7.00. The van der Waals surface area contributed by atoms with E-state index >= 15 is 0 Å². The van der Waals surface area contributed by atoms with Crippen LogP contribution in [-0.4, -0.2) is 43.5 Å². The smallest absolute Gasteiger partial charge is 0.165 e. The maximum atomic E-state index is 12.4. The molecule has 2 fully saturated rings. The minimum Gasteiger partial charge on any atom is -0.368 e. The van der Waals surface area contributed by atoms with E-state index in [1.807, 2.05) is 0 Å². The molecule has 0 bridgehead atoms. The van der Waals surface area contributed by atoms with Crippen molar-refractivity contribution in [3.05, 3.63) is 0 Å². The molecule has 0 amide bonds. The molecular formula is C14H25NO2. The Morgan fingerprint density at radius 1 is 1.24 bits per heavy atom. The number of ether oxygens (including phenoxy) is 1. The van der Waals surface area contributed by atoms with Gasteiger partial charge in [0.25, 0.3) is 0 Å². The van der Waals surface area contributed by atoms with Crippen LogP contribution < -0.4 is 0 Å². The lowest BCUT2D eigenvalue weighted by Gasteiger charge is -2.35. The van der Waals surface area contributed by atoms with Gasteiger partial charge in [-0.2, -0.15) is 0 Å². The van der Waals surface area contributed by atoms with Gasteiger partial charge in [-0.3, -0.25) is 4.79 Å². The molecule has 3 heteroatoms. The van der Waals surface area contributed by atoms with Gasteiger partial charge in [-0.1, -0.05) is 13.8 Å². The van der Waals surface area contributed by atoms with E-state index < -0.39 is 0 Å². The quantitative estimate of drug-likeness (QED) is 0.738. The van der Waals surface area contributed by atoms with Crippen LogP contribution in [0.15, 0.2) is 0 Å². The van der Waals surface area contributed by atoms with Gasteiger partial charge in [0.15, 0.2) is 5.78 Å². The second-order valence-corrected chi connectivity index (χ2v) is 5.99. The molecule has 3 nitrogen and oxygen atoms in total. The summed E-state index contributed by atoms with van der Waals surface area (Å²) in [7, 11) is 2.06. The first-order valence-electron chi connectivity index (χ1n) is 6.91. The highest BCUT2D eigenvalue weighted by atomic mass is 16.5. The topological polar surface area (TPSA) is 29.5 Å². The van der Waals surface area contributed by atoms with Crippen molar-refractivity contribution in [1.29, 1.82) is 0 Å². The number of carbonyl (C=O) groups excluding carboxylic acids is 1. The predicted molar refractivity (Wildman–Crippen MR) is 67.9 cm³/mol. The number of morpholine rings is 1. The van der Waals surface area contributed by atoms with Crippen LogP contribution in [0.1, 0.15) is 33.1 Å². The largest absolute Gasteiger partial charge is 0.368 e. The van der Waals surface area contributed by atoms with Gasteiger partial charge in [-0.15, -0.1) is 0 Å². The Bertz CT molecular complexity index is 279. The molecular weight excluding hydrogens is 214 g/mol. The number of likely N-dealkylation sites (N-methyl/N-ethyl adjacent to an activating group) is 1. The zero-order valence-electron chi connectivity index (χ0n) is 11.3. The van der Waals surface area contributed by atoms with Crippen molar-refractivity contribution in [2.24, 2.45) is 17.8 Å². The lowest BCUT2D eigenvalue weighted by molar-refractivity contribution is -0.141. The Labute approximate surface area is 105 Å². The number of hydrogen-bond donors (Lipinski definition) is 0. The van der Waals surface area contributed by atoms with Gasteiger partial charge in [-0.25, -0.2) is 0 Å².